The topological polar surface area (TPSA) is 85.0 Å². The summed E-state index contributed by atoms with van der Waals surface area (Å²) in [5.74, 6) is 0.234. The standard InChI is InChI=1S/C22H26N6O2S/c1-5-27(6-2)11-12-28-16-10-8-7-9-15(16)24-22(28)25-19(29)18-14(3)17-20(31-18)23-13-26(4)21(17)30/h7-10,13H,5-6,11-12H2,1-4H3,(H,24,25,29). The van der Waals surface area contributed by atoms with E-state index in [1.54, 1.807) is 14.0 Å². The molecular weight excluding hydrogens is 412 g/mol. The summed E-state index contributed by atoms with van der Waals surface area (Å²) in [6, 6.07) is 7.87. The number of anilines is 1. The predicted molar refractivity (Wildman–Crippen MR) is 125 cm³/mol. The van der Waals surface area contributed by atoms with Gasteiger partial charge in [0.25, 0.3) is 11.5 Å². The fourth-order valence-corrected chi connectivity index (χ4v) is 4.80. The van der Waals surface area contributed by atoms with Crippen molar-refractivity contribution in [2.45, 2.75) is 27.3 Å². The molecule has 162 valence electrons. The Labute approximate surface area is 184 Å². The molecule has 4 aromatic rings. The molecule has 0 bridgehead atoms. The Morgan fingerprint density at radius 2 is 1.97 bits per heavy atom. The average molecular weight is 439 g/mol. The van der Waals surface area contributed by atoms with Crippen LogP contribution in [0, 0.1) is 6.92 Å². The maximum atomic E-state index is 13.2. The van der Waals surface area contributed by atoms with Crippen LogP contribution in [-0.2, 0) is 13.6 Å². The Kier molecular flexibility index (Phi) is 5.88. The molecule has 3 aromatic heterocycles. The number of imidazole rings is 1. The van der Waals surface area contributed by atoms with Gasteiger partial charge in [-0.05, 0) is 37.7 Å². The first-order valence-corrected chi connectivity index (χ1v) is 11.2. The lowest BCUT2D eigenvalue weighted by Crippen LogP contribution is -2.27. The van der Waals surface area contributed by atoms with E-state index in [9.17, 15) is 9.59 Å². The van der Waals surface area contributed by atoms with Crippen LogP contribution in [-0.4, -0.2) is 49.5 Å². The summed E-state index contributed by atoms with van der Waals surface area (Å²) in [6.45, 7) is 9.58. The van der Waals surface area contributed by atoms with E-state index in [-0.39, 0.29) is 11.5 Å². The quantitative estimate of drug-likeness (QED) is 0.479. The van der Waals surface area contributed by atoms with Crippen molar-refractivity contribution in [3.05, 3.63) is 51.4 Å². The highest BCUT2D eigenvalue weighted by molar-refractivity contribution is 7.20. The van der Waals surface area contributed by atoms with E-state index in [2.05, 4.69) is 34.0 Å². The number of thiophene rings is 1. The molecule has 0 unspecified atom stereocenters. The highest BCUT2D eigenvalue weighted by Gasteiger charge is 2.21. The molecule has 9 heteroatoms. The normalized spacial score (nSPS) is 11.6. The van der Waals surface area contributed by atoms with Gasteiger partial charge in [-0.15, -0.1) is 11.3 Å². The fraction of sp³-hybridized carbons (Fsp3) is 0.364. The van der Waals surface area contributed by atoms with Crippen LogP contribution in [0.2, 0.25) is 0 Å². The summed E-state index contributed by atoms with van der Waals surface area (Å²) in [5.41, 5.74) is 2.32. The van der Waals surface area contributed by atoms with Crippen molar-refractivity contribution in [2.24, 2.45) is 7.05 Å². The van der Waals surface area contributed by atoms with Crippen molar-refractivity contribution in [3.63, 3.8) is 0 Å². The van der Waals surface area contributed by atoms with Crippen LogP contribution in [0.1, 0.15) is 29.1 Å². The molecule has 0 atom stereocenters. The molecule has 0 aliphatic heterocycles. The van der Waals surface area contributed by atoms with Crippen molar-refractivity contribution in [1.82, 2.24) is 24.0 Å². The van der Waals surface area contributed by atoms with Crippen molar-refractivity contribution < 1.29 is 4.79 Å². The number of rotatable bonds is 7. The highest BCUT2D eigenvalue weighted by Crippen LogP contribution is 2.28. The number of aryl methyl sites for hydroxylation is 2. The second-order valence-electron chi connectivity index (χ2n) is 7.45. The van der Waals surface area contributed by atoms with Gasteiger partial charge < -0.3 is 14.0 Å². The van der Waals surface area contributed by atoms with Gasteiger partial charge in [-0.25, -0.2) is 9.97 Å². The van der Waals surface area contributed by atoms with Crippen LogP contribution in [0.15, 0.2) is 35.4 Å². The molecule has 0 aliphatic rings. The monoisotopic (exact) mass is 438 g/mol. The molecule has 1 aromatic carbocycles. The minimum Gasteiger partial charge on any atom is -0.309 e. The van der Waals surface area contributed by atoms with Gasteiger partial charge in [0.1, 0.15) is 4.83 Å². The molecule has 8 nitrogen and oxygen atoms in total. The van der Waals surface area contributed by atoms with Gasteiger partial charge >= 0.3 is 0 Å². The molecule has 0 fully saturated rings. The second-order valence-corrected chi connectivity index (χ2v) is 8.45. The molecule has 0 saturated carbocycles. The summed E-state index contributed by atoms with van der Waals surface area (Å²) in [5, 5.41) is 3.48. The maximum absolute atomic E-state index is 13.2. The van der Waals surface area contributed by atoms with Crippen molar-refractivity contribution in [2.75, 3.05) is 25.0 Å². The van der Waals surface area contributed by atoms with Crippen molar-refractivity contribution >= 4 is 44.4 Å². The molecule has 0 saturated heterocycles. The van der Waals surface area contributed by atoms with Gasteiger partial charge in [0, 0.05) is 20.1 Å². The largest absolute Gasteiger partial charge is 0.309 e. The van der Waals surface area contributed by atoms with Gasteiger partial charge in [-0.1, -0.05) is 26.0 Å². The smallest absolute Gasteiger partial charge is 0.268 e. The zero-order valence-corrected chi connectivity index (χ0v) is 19.0. The van der Waals surface area contributed by atoms with Gasteiger partial charge in [0.15, 0.2) is 0 Å². The minimum atomic E-state index is -0.276. The minimum absolute atomic E-state index is 0.149. The number of aromatic nitrogens is 4. The number of fused-ring (bicyclic) bond motifs is 2. The first-order chi connectivity index (χ1) is 14.9. The predicted octanol–water partition coefficient (Wildman–Crippen LogP) is 3.25. The third kappa shape index (κ3) is 3.86. The number of nitrogens with one attached hydrogen (secondary N) is 1. The number of hydrogen-bond donors (Lipinski definition) is 1. The molecule has 31 heavy (non-hydrogen) atoms. The molecule has 1 N–H and O–H groups in total. The molecule has 1 amide bonds. The number of nitrogens with zero attached hydrogens (tertiary/aromatic N) is 5. The van der Waals surface area contributed by atoms with Gasteiger partial charge in [-0.2, -0.15) is 0 Å². The summed E-state index contributed by atoms with van der Waals surface area (Å²) in [4.78, 5) is 38.0. The zero-order valence-electron chi connectivity index (χ0n) is 18.2. The van der Waals surface area contributed by atoms with E-state index in [1.165, 1.54) is 22.2 Å². The van der Waals surface area contributed by atoms with Crippen LogP contribution in [0.4, 0.5) is 5.95 Å². The summed E-state index contributed by atoms with van der Waals surface area (Å²) in [6.07, 6.45) is 1.48. The Hall–Kier alpha value is -3.04. The molecule has 4 rings (SSSR count). The lowest BCUT2D eigenvalue weighted by molar-refractivity contribution is 0.102. The molecule has 0 spiro atoms. The number of hydrogen-bond acceptors (Lipinski definition) is 6. The molecule has 3 heterocycles. The average Bonchev–Trinajstić information content (AvgIpc) is 3.29. The van der Waals surface area contributed by atoms with E-state index >= 15 is 0 Å². The Morgan fingerprint density at radius 3 is 2.71 bits per heavy atom. The number of benzene rings is 1. The van der Waals surface area contributed by atoms with Gasteiger partial charge in [-0.3, -0.25) is 14.9 Å². The van der Waals surface area contributed by atoms with Crippen LogP contribution in [0.5, 0.6) is 0 Å². The molecular formula is C22H26N6O2S. The first kappa shape index (κ1) is 21.2. The Bertz CT molecular complexity index is 1320. The van der Waals surface area contributed by atoms with E-state index < -0.39 is 0 Å². The third-order valence-corrected chi connectivity index (χ3v) is 6.83. The van der Waals surface area contributed by atoms with Gasteiger partial charge in [0.05, 0.1) is 27.6 Å². The van der Waals surface area contributed by atoms with E-state index in [0.29, 0.717) is 33.2 Å². The fourth-order valence-electron chi connectivity index (χ4n) is 3.76. The van der Waals surface area contributed by atoms with Crippen LogP contribution >= 0.6 is 11.3 Å². The van der Waals surface area contributed by atoms with Crippen LogP contribution < -0.4 is 10.9 Å². The van der Waals surface area contributed by atoms with E-state index in [0.717, 1.165) is 30.7 Å². The van der Waals surface area contributed by atoms with Crippen LogP contribution in [0.3, 0.4) is 0 Å². The maximum Gasteiger partial charge on any atom is 0.268 e. The summed E-state index contributed by atoms with van der Waals surface area (Å²) < 4.78 is 3.47. The molecule has 0 radical (unpaired) electrons. The van der Waals surface area contributed by atoms with E-state index in [4.69, 9.17) is 0 Å². The summed E-state index contributed by atoms with van der Waals surface area (Å²) >= 11 is 1.23. The molecule has 0 aliphatic carbocycles. The lowest BCUT2D eigenvalue weighted by Gasteiger charge is -2.19. The van der Waals surface area contributed by atoms with Crippen LogP contribution in [0.25, 0.3) is 21.3 Å². The van der Waals surface area contributed by atoms with Gasteiger partial charge in [0.2, 0.25) is 5.95 Å². The number of carbonyl (C=O) groups excluding carboxylic acids is 1. The Balaban J connectivity index is 1.70. The first-order valence-electron chi connectivity index (χ1n) is 10.4. The number of para-hydroxylation sites is 2. The van der Waals surface area contributed by atoms with Crippen molar-refractivity contribution in [3.8, 4) is 0 Å². The Morgan fingerprint density at radius 1 is 1.23 bits per heavy atom. The SMILES string of the molecule is CCN(CC)CCn1c(NC(=O)c2sc3ncn(C)c(=O)c3c2C)nc2ccccc21. The number of carbonyl (C=O) groups is 1. The lowest BCUT2D eigenvalue weighted by atomic mass is 10.2. The third-order valence-electron chi connectivity index (χ3n) is 5.63. The van der Waals surface area contributed by atoms with Crippen molar-refractivity contribution in [1.29, 1.82) is 0 Å². The highest BCUT2D eigenvalue weighted by atomic mass is 32.1. The van der Waals surface area contributed by atoms with E-state index in [1.807, 2.05) is 28.8 Å². The zero-order chi connectivity index (χ0) is 22.1. The second kappa shape index (κ2) is 8.60. The number of amides is 1. The number of likely N-dealkylation sites (N-methyl/N-ethyl adjacent to an activating group) is 1. The summed E-state index contributed by atoms with van der Waals surface area (Å²) in [7, 11) is 1.66.